The second-order valence-electron chi connectivity index (χ2n) is 14.7. The highest BCUT2D eigenvalue weighted by Gasteiger charge is 2.62. The summed E-state index contributed by atoms with van der Waals surface area (Å²) in [7, 11) is -2.22. The number of amides is 3. The van der Waals surface area contributed by atoms with Gasteiger partial charge in [-0.05, 0) is 70.4 Å². The van der Waals surface area contributed by atoms with Crippen LogP contribution in [0.4, 0.5) is 0 Å². The van der Waals surface area contributed by atoms with E-state index in [1.807, 2.05) is 37.3 Å². The number of pyridine rings is 1. The van der Waals surface area contributed by atoms with Crippen molar-refractivity contribution in [3.8, 4) is 22.2 Å². The molecule has 4 atom stereocenters. The first-order valence-corrected chi connectivity index (χ1v) is 20.7. The fourth-order valence-corrected chi connectivity index (χ4v) is 9.63. The molecule has 2 aliphatic heterocycles. The Balaban J connectivity index is 1.09. The third-order valence-corrected chi connectivity index (χ3v) is 13.6. The molecule has 274 valence electrons. The van der Waals surface area contributed by atoms with Gasteiger partial charge in [-0.15, -0.1) is 11.3 Å². The first-order chi connectivity index (χ1) is 25.1. The lowest BCUT2D eigenvalue weighted by molar-refractivity contribution is -0.137. The van der Waals surface area contributed by atoms with Crippen LogP contribution in [-0.2, 0) is 24.4 Å². The van der Waals surface area contributed by atoms with Gasteiger partial charge in [-0.1, -0.05) is 25.0 Å². The van der Waals surface area contributed by atoms with E-state index in [1.54, 1.807) is 18.4 Å². The summed E-state index contributed by atoms with van der Waals surface area (Å²) in [6.07, 6.45) is 13.9. The van der Waals surface area contributed by atoms with Crippen LogP contribution in [0.15, 0.2) is 35.7 Å². The van der Waals surface area contributed by atoms with Crippen molar-refractivity contribution in [1.82, 2.24) is 24.9 Å². The first-order valence-electron chi connectivity index (χ1n) is 18.3. The van der Waals surface area contributed by atoms with Crippen molar-refractivity contribution in [1.29, 1.82) is 0 Å². The van der Waals surface area contributed by atoms with Crippen LogP contribution in [0.25, 0.3) is 21.6 Å². The first kappa shape index (κ1) is 35.0. The number of nitrogens with zero attached hydrogens (tertiary/aromatic N) is 3. The molecule has 1 saturated heterocycles. The third kappa shape index (κ3) is 6.91. The summed E-state index contributed by atoms with van der Waals surface area (Å²) in [5, 5.41) is 5.97. The molecule has 3 aliphatic carbocycles. The predicted octanol–water partition coefficient (Wildman–Crippen LogP) is 4.99. The molecule has 4 fully saturated rings. The van der Waals surface area contributed by atoms with Gasteiger partial charge in [0.05, 0.1) is 36.5 Å². The van der Waals surface area contributed by atoms with Crippen LogP contribution < -0.4 is 19.5 Å². The van der Waals surface area contributed by atoms with Gasteiger partial charge in [0.2, 0.25) is 21.8 Å². The standard InChI is InChI=1S/C38H43N5O7S2/c1-22-31(49-2)16-15-27-32(18-28(39-34(22)27)36-40-29(21-51-36)23-11-12-23)50-25-17-30-35(45)41-38(37(46)42-52(47,48)26-13-14-26)19-24(38)9-7-5-3-4-6-8-10-33(44)43(30)20-25/h7,9,15-16,18,21,23-26,30H,3-6,8,11-14,17,19-20H2,1-2H3,(H,41,45)(H,42,46)/b9-7+/t24-,25-,30+,38-/m1/s1. The number of methoxy groups -OCH3 is 1. The number of hydrogen-bond acceptors (Lipinski definition) is 10. The molecule has 8 rings (SSSR count). The van der Waals surface area contributed by atoms with E-state index in [0.717, 1.165) is 60.2 Å². The molecule has 3 saturated carbocycles. The lowest BCUT2D eigenvalue weighted by Gasteiger charge is -2.26. The Morgan fingerprint density at radius 1 is 1.12 bits per heavy atom. The Bertz CT molecular complexity index is 2060. The van der Waals surface area contributed by atoms with E-state index >= 15 is 0 Å². The fraction of sp³-hybridized carbons (Fsp3) is 0.526. The number of carbonyl (C=O) groups excluding carboxylic acids is 3. The van der Waals surface area contributed by atoms with E-state index in [9.17, 15) is 22.8 Å². The molecule has 3 amide bonds. The van der Waals surface area contributed by atoms with Crippen LogP contribution >= 0.6 is 11.3 Å². The molecule has 2 radical (unpaired) electrons. The molecule has 12 nitrogen and oxygen atoms in total. The molecule has 14 heteroatoms. The summed E-state index contributed by atoms with van der Waals surface area (Å²) >= 11 is 1.54. The summed E-state index contributed by atoms with van der Waals surface area (Å²) in [5.74, 6) is -0.269. The topological polar surface area (TPSA) is 157 Å². The maximum Gasteiger partial charge on any atom is 0.259 e. The molecule has 5 aliphatic rings. The van der Waals surface area contributed by atoms with Crippen molar-refractivity contribution in [2.75, 3.05) is 13.7 Å². The minimum atomic E-state index is -3.84. The number of thiazole rings is 1. The van der Waals surface area contributed by atoms with Crippen molar-refractivity contribution < 1.29 is 32.3 Å². The van der Waals surface area contributed by atoms with Crippen molar-refractivity contribution in [2.24, 2.45) is 5.92 Å². The lowest BCUT2D eigenvalue weighted by Crippen LogP contribution is -2.56. The molecule has 0 bridgehead atoms. The Kier molecular flexibility index (Phi) is 9.25. The van der Waals surface area contributed by atoms with Crippen LogP contribution in [0.3, 0.4) is 0 Å². The molecule has 0 spiro atoms. The van der Waals surface area contributed by atoms with Gasteiger partial charge >= 0.3 is 0 Å². The number of sulfonamides is 1. The van der Waals surface area contributed by atoms with E-state index < -0.39 is 50.7 Å². The van der Waals surface area contributed by atoms with Gasteiger partial charge < -0.3 is 19.7 Å². The Morgan fingerprint density at radius 2 is 1.94 bits per heavy atom. The van der Waals surface area contributed by atoms with E-state index in [1.165, 1.54) is 4.90 Å². The summed E-state index contributed by atoms with van der Waals surface area (Å²) < 4.78 is 40.1. The maximum atomic E-state index is 14.2. The fourth-order valence-electron chi connectivity index (χ4n) is 7.40. The highest BCUT2D eigenvalue weighted by Crippen LogP contribution is 2.46. The zero-order valence-corrected chi connectivity index (χ0v) is 31.0. The number of carbonyl (C=O) groups is 3. The Labute approximate surface area is 307 Å². The van der Waals surface area contributed by atoms with E-state index in [2.05, 4.69) is 21.8 Å². The van der Waals surface area contributed by atoms with Gasteiger partial charge in [0.25, 0.3) is 5.91 Å². The molecule has 1 aromatic carbocycles. The number of nitrogens with one attached hydrogen (secondary N) is 2. The second-order valence-corrected chi connectivity index (χ2v) is 17.6. The monoisotopic (exact) mass is 745 g/mol. The average Bonchev–Trinajstić information content (AvgIpc) is 4.07. The smallest absolute Gasteiger partial charge is 0.259 e. The van der Waals surface area contributed by atoms with Crippen molar-refractivity contribution >= 4 is 50.0 Å². The molecule has 4 heterocycles. The molecule has 3 aromatic rings. The molecule has 2 aromatic heterocycles. The highest BCUT2D eigenvalue weighted by atomic mass is 32.2. The molecule has 0 unspecified atom stereocenters. The summed E-state index contributed by atoms with van der Waals surface area (Å²) in [4.78, 5) is 52.8. The zero-order chi connectivity index (χ0) is 36.2. The van der Waals surface area contributed by atoms with Crippen LogP contribution in [0, 0.1) is 19.3 Å². The number of ether oxygens (including phenoxy) is 2. The summed E-state index contributed by atoms with van der Waals surface area (Å²) in [6, 6.07) is 4.69. The molecular formula is C38H43N5O7S2. The van der Waals surface area contributed by atoms with Gasteiger partial charge in [0, 0.05) is 40.7 Å². The number of hydrogen-bond donors (Lipinski definition) is 2. The number of rotatable bonds is 8. The average molecular weight is 746 g/mol. The van der Waals surface area contributed by atoms with Crippen molar-refractivity contribution in [3.05, 3.63) is 53.4 Å². The molecule has 52 heavy (non-hydrogen) atoms. The number of aryl methyl sites for hydroxylation is 1. The number of allylic oxidation sites excluding steroid dienone is 1. The van der Waals surface area contributed by atoms with Crippen molar-refractivity contribution in [3.63, 3.8) is 0 Å². The SMILES string of the molecule is COc1ccc2c(O[C@@H]3C[C@H]4C(=O)N[C@]5(C(=O)NS(=O)(=O)C6CC6)C[C@H]5/C=C/CCCCC[C]C(=O)N4C3)cc(-c3nc(C4CC4)cs3)nc2c1C. The zero-order valence-electron chi connectivity index (χ0n) is 29.4. The summed E-state index contributed by atoms with van der Waals surface area (Å²) in [5.41, 5.74) is 1.88. The minimum absolute atomic E-state index is 0.125. The number of fused-ring (bicyclic) bond motifs is 3. The normalized spacial score (nSPS) is 27.5. The van der Waals surface area contributed by atoms with Crippen LogP contribution in [0.5, 0.6) is 11.5 Å². The van der Waals surface area contributed by atoms with E-state index in [4.69, 9.17) is 19.4 Å². The predicted molar refractivity (Wildman–Crippen MR) is 195 cm³/mol. The minimum Gasteiger partial charge on any atom is -0.496 e. The lowest BCUT2D eigenvalue weighted by atomic mass is 10.1. The van der Waals surface area contributed by atoms with Crippen LogP contribution in [0.2, 0.25) is 0 Å². The van der Waals surface area contributed by atoms with E-state index in [0.29, 0.717) is 47.9 Å². The maximum absolute atomic E-state index is 14.2. The van der Waals surface area contributed by atoms with Gasteiger partial charge in [-0.3, -0.25) is 19.1 Å². The highest BCUT2D eigenvalue weighted by molar-refractivity contribution is 7.91. The van der Waals surface area contributed by atoms with Gasteiger partial charge in [-0.25, -0.2) is 18.4 Å². The molecule has 2 N–H and O–H groups in total. The largest absolute Gasteiger partial charge is 0.496 e. The van der Waals surface area contributed by atoms with Gasteiger partial charge in [0.1, 0.15) is 39.9 Å². The van der Waals surface area contributed by atoms with Crippen molar-refractivity contribution in [2.45, 2.75) is 106 Å². The molecular weight excluding hydrogens is 703 g/mol. The Morgan fingerprint density at radius 3 is 2.71 bits per heavy atom. The third-order valence-electron chi connectivity index (χ3n) is 10.9. The number of aromatic nitrogens is 2. The second kappa shape index (κ2) is 13.7. The van der Waals surface area contributed by atoms with Crippen LogP contribution in [0.1, 0.15) is 87.8 Å². The Hall–Kier alpha value is -4.04. The van der Waals surface area contributed by atoms with Crippen LogP contribution in [-0.4, -0.2) is 77.6 Å². The van der Waals surface area contributed by atoms with E-state index in [-0.39, 0.29) is 25.3 Å². The van der Waals surface area contributed by atoms with Gasteiger partial charge in [-0.2, -0.15) is 0 Å². The van der Waals surface area contributed by atoms with Gasteiger partial charge in [0.15, 0.2) is 0 Å². The quantitative estimate of drug-likeness (QED) is 0.304. The number of benzene rings is 1. The summed E-state index contributed by atoms with van der Waals surface area (Å²) in [6.45, 7) is 2.07.